The number of carboxylic acids is 1. The number of aliphatic carboxylic acids is 1. The molecule has 18 heavy (non-hydrogen) atoms. The topological polar surface area (TPSA) is 46.5 Å². The Bertz CT molecular complexity index is 503. The molecule has 2 atom stereocenters. The Morgan fingerprint density at radius 1 is 1.67 bits per heavy atom. The second-order valence-corrected chi connectivity index (χ2v) is 5.11. The van der Waals surface area contributed by atoms with Gasteiger partial charge in [0.05, 0.1) is 11.8 Å². The zero-order valence-electron chi connectivity index (χ0n) is 10.2. The van der Waals surface area contributed by atoms with E-state index in [1.165, 1.54) is 12.1 Å². The van der Waals surface area contributed by atoms with Gasteiger partial charge in [-0.05, 0) is 26.0 Å². The fraction of sp³-hybridized carbons (Fsp3) is 0.462. The number of carbonyl (C=O) groups is 1. The van der Waals surface area contributed by atoms with E-state index in [0.717, 1.165) is 0 Å². The largest absolute Gasteiger partial charge is 0.486 e. The minimum atomic E-state index is -0.932. The molecular formula is C13H14ClFO3. The monoisotopic (exact) mass is 272 g/mol. The lowest BCUT2D eigenvalue weighted by Gasteiger charge is -2.28. The van der Waals surface area contributed by atoms with Crippen LogP contribution in [0.15, 0.2) is 12.1 Å². The third kappa shape index (κ3) is 2.05. The molecule has 0 radical (unpaired) electrons. The van der Waals surface area contributed by atoms with E-state index in [-0.39, 0.29) is 11.7 Å². The maximum absolute atomic E-state index is 13.4. The minimum Gasteiger partial charge on any atom is -0.486 e. The van der Waals surface area contributed by atoms with Gasteiger partial charge in [-0.25, -0.2) is 4.39 Å². The van der Waals surface area contributed by atoms with Crippen molar-refractivity contribution in [2.24, 2.45) is 5.92 Å². The zero-order valence-corrected chi connectivity index (χ0v) is 10.9. The van der Waals surface area contributed by atoms with Crippen molar-refractivity contribution in [3.63, 3.8) is 0 Å². The molecular weight excluding hydrogens is 259 g/mol. The Hall–Kier alpha value is -1.29. The normalized spacial score (nSPS) is 23.3. The Kier molecular flexibility index (Phi) is 3.23. The number of ether oxygens (including phenoxy) is 1. The Morgan fingerprint density at radius 2 is 2.33 bits per heavy atom. The number of rotatable bonds is 3. The van der Waals surface area contributed by atoms with E-state index in [0.29, 0.717) is 23.3 Å². The number of hydrogen-bond acceptors (Lipinski definition) is 2. The van der Waals surface area contributed by atoms with Gasteiger partial charge in [-0.3, -0.25) is 4.79 Å². The van der Waals surface area contributed by atoms with Crippen molar-refractivity contribution >= 4 is 17.6 Å². The van der Waals surface area contributed by atoms with Crippen molar-refractivity contribution in [2.45, 2.75) is 31.7 Å². The molecule has 0 bridgehead atoms. The molecule has 0 spiro atoms. The smallest absolute Gasteiger partial charge is 0.310 e. The molecule has 2 rings (SSSR count). The summed E-state index contributed by atoms with van der Waals surface area (Å²) in [5.74, 6) is -1.32. The second kappa shape index (κ2) is 4.43. The van der Waals surface area contributed by atoms with Crippen molar-refractivity contribution in [1.29, 1.82) is 0 Å². The third-order valence-electron chi connectivity index (χ3n) is 3.51. The van der Waals surface area contributed by atoms with Crippen molar-refractivity contribution in [1.82, 2.24) is 0 Å². The first-order valence-corrected chi connectivity index (χ1v) is 6.20. The Balaban J connectivity index is 2.40. The van der Waals surface area contributed by atoms with Crippen LogP contribution in [-0.4, -0.2) is 16.7 Å². The maximum atomic E-state index is 13.4. The number of carboxylic acid groups (broad SMARTS) is 1. The molecule has 98 valence electrons. The van der Waals surface area contributed by atoms with Crippen LogP contribution >= 0.6 is 11.6 Å². The number of benzene rings is 1. The summed E-state index contributed by atoms with van der Waals surface area (Å²) in [6, 6.07) is 2.70. The zero-order chi connectivity index (χ0) is 13.5. The molecule has 2 unspecified atom stereocenters. The van der Waals surface area contributed by atoms with Crippen LogP contribution in [0.3, 0.4) is 0 Å². The van der Waals surface area contributed by atoms with Crippen molar-refractivity contribution in [3.8, 4) is 5.75 Å². The summed E-state index contributed by atoms with van der Waals surface area (Å²) in [4.78, 5) is 11.1. The van der Waals surface area contributed by atoms with Crippen LogP contribution in [0.5, 0.6) is 5.75 Å². The van der Waals surface area contributed by atoms with E-state index in [9.17, 15) is 9.18 Å². The SMILES string of the molecule is CC(C(=O)O)C1(C)Cc2cc(F)cc(CCl)c2O1. The highest BCUT2D eigenvalue weighted by Crippen LogP contribution is 2.42. The van der Waals surface area contributed by atoms with E-state index < -0.39 is 17.5 Å². The average molecular weight is 273 g/mol. The fourth-order valence-electron chi connectivity index (χ4n) is 2.22. The molecule has 0 saturated carbocycles. The second-order valence-electron chi connectivity index (χ2n) is 4.84. The summed E-state index contributed by atoms with van der Waals surface area (Å²) in [6.07, 6.45) is 0.372. The molecule has 0 aliphatic carbocycles. The molecule has 1 aliphatic heterocycles. The number of fused-ring (bicyclic) bond motifs is 1. The van der Waals surface area contributed by atoms with Gasteiger partial charge in [-0.1, -0.05) is 0 Å². The lowest BCUT2D eigenvalue weighted by atomic mass is 9.86. The third-order valence-corrected chi connectivity index (χ3v) is 3.80. The van der Waals surface area contributed by atoms with E-state index in [1.54, 1.807) is 13.8 Å². The predicted octanol–water partition coefficient (Wildman–Crippen LogP) is 2.98. The van der Waals surface area contributed by atoms with Gasteiger partial charge in [-0.15, -0.1) is 11.6 Å². The highest BCUT2D eigenvalue weighted by molar-refractivity contribution is 6.17. The van der Waals surface area contributed by atoms with Gasteiger partial charge < -0.3 is 9.84 Å². The number of alkyl halides is 1. The Labute approximate surface area is 110 Å². The molecule has 1 heterocycles. The highest BCUT2D eigenvalue weighted by atomic mass is 35.5. The van der Waals surface area contributed by atoms with Crippen LogP contribution in [0, 0.1) is 11.7 Å². The predicted molar refractivity (Wildman–Crippen MR) is 65.5 cm³/mol. The first-order valence-electron chi connectivity index (χ1n) is 5.66. The summed E-state index contributed by atoms with van der Waals surface area (Å²) in [5, 5.41) is 9.09. The van der Waals surface area contributed by atoms with Crippen LogP contribution in [-0.2, 0) is 17.1 Å². The van der Waals surface area contributed by atoms with Crippen molar-refractivity contribution in [2.75, 3.05) is 0 Å². The molecule has 0 aromatic heterocycles. The summed E-state index contributed by atoms with van der Waals surface area (Å²) >= 11 is 5.75. The minimum absolute atomic E-state index is 0.137. The standard InChI is InChI=1S/C13H14ClFO3/c1-7(12(16)17)13(2)5-8-3-10(15)4-9(6-14)11(8)18-13/h3-4,7H,5-6H2,1-2H3,(H,16,17). The van der Waals surface area contributed by atoms with E-state index in [1.807, 2.05) is 0 Å². The lowest BCUT2D eigenvalue weighted by Crippen LogP contribution is -2.42. The molecule has 0 amide bonds. The average Bonchev–Trinajstić information content (AvgIpc) is 2.64. The molecule has 3 nitrogen and oxygen atoms in total. The van der Waals surface area contributed by atoms with Gasteiger partial charge in [0.25, 0.3) is 0 Å². The van der Waals surface area contributed by atoms with E-state index in [2.05, 4.69) is 0 Å². The van der Waals surface area contributed by atoms with E-state index >= 15 is 0 Å². The summed E-state index contributed by atoms with van der Waals surface area (Å²) in [6.45, 7) is 3.31. The van der Waals surface area contributed by atoms with Crippen LogP contribution in [0.2, 0.25) is 0 Å². The molecule has 1 N–H and O–H groups in total. The van der Waals surface area contributed by atoms with Gasteiger partial charge >= 0.3 is 5.97 Å². The quantitative estimate of drug-likeness (QED) is 0.861. The van der Waals surface area contributed by atoms with Crippen molar-refractivity contribution in [3.05, 3.63) is 29.1 Å². The summed E-state index contributed by atoms with van der Waals surface area (Å²) < 4.78 is 19.2. The van der Waals surface area contributed by atoms with Crippen LogP contribution in [0.4, 0.5) is 4.39 Å². The summed E-state index contributed by atoms with van der Waals surface area (Å²) in [7, 11) is 0. The van der Waals surface area contributed by atoms with Gasteiger partial charge in [-0.2, -0.15) is 0 Å². The Morgan fingerprint density at radius 3 is 2.89 bits per heavy atom. The van der Waals surface area contributed by atoms with Gasteiger partial charge in [0.15, 0.2) is 0 Å². The molecule has 1 aromatic rings. The molecule has 5 heteroatoms. The van der Waals surface area contributed by atoms with Gasteiger partial charge in [0, 0.05) is 17.5 Å². The van der Waals surface area contributed by atoms with Gasteiger partial charge in [0.2, 0.25) is 0 Å². The fourth-order valence-corrected chi connectivity index (χ4v) is 2.42. The molecule has 1 aromatic carbocycles. The van der Waals surface area contributed by atoms with Gasteiger partial charge in [0.1, 0.15) is 17.2 Å². The number of hydrogen-bond donors (Lipinski definition) is 1. The van der Waals surface area contributed by atoms with Crippen LogP contribution < -0.4 is 4.74 Å². The lowest BCUT2D eigenvalue weighted by molar-refractivity contribution is -0.147. The van der Waals surface area contributed by atoms with Crippen LogP contribution in [0.1, 0.15) is 25.0 Å². The van der Waals surface area contributed by atoms with Crippen molar-refractivity contribution < 1.29 is 19.0 Å². The molecule has 1 aliphatic rings. The first-order chi connectivity index (χ1) is 8.37. The van der Waals surface area contributed by atoms with Crippen LogP contribution in [0.25, 0.3) is 0 Å². The number of halogens is 2. The molecule has 0 saturated heterocycles. The highest BCUT2D eigenvalue weighted by Gasteiger charge is 2.44. The first kappa shape index (κ1) is 13.1. The summed E-state index contributed by atoms with van der Waals surface area (Å²) in [5.41, 5.74) is 0.386. The van der Waals surface area contributed by atoms with E-state index in [4.69, 9.17) is 21.4 Å². The molecule has 0 fully saturated rings. The maximum Gasteiger partial charge on any atom is 0.310 e.